The Bertz CT molecular complexity index is 340. The molecule has 1 rings (SSSR count). The zero-order valence-corrected chi connectivity index (χ0v) is 7.83. The number of esters is 1. The third-order valence-electron chi connectivity index (χ3n) is 2.01. The lowest BCUT2D eigenvalue weighted by molar-refractivity contribution is 0.0663. The highest BCUT2D eigenvalue weighted by molar-refractivity contribution is 5.91. The largest absolute Gasteiger partial charge is 0.432 e. The van der Waals surface area contributed by atoms with E-state index in [4.69, 9.17) is 0 Å². The molecule has 0 spiro atoms. The number of hydrogen-bond donors (Lipinski definition) is 0. The van der Waals surface area contributed by atoms with Gasteiger partial charge in [-0.15, -0.1) is 0 Å². The third kappa shape index (κ3) is 1.96. The molecular weight excluding hydrogens is 164 g/mol. The molecule has 68 valence electrons. The molecule has 1 aromatic rings. The van der Waals surface area contributed by atoms with Gasteiger partial charge in [0.1, 0.15) is 0 Å². The average molecular weight is 176 g/mol. The molecule has 0 aliphatic carbocycles. The van der Waals surface area contributed by atoms with E-state index in [2.05, 4.69) is 11.3 Å². The van der Waals surface area contributed by atoms with Gasteiger partial charge in [0.15, 0.2) is 0 Å². The molecule has 0 heterocycles. The standard InChI is InChI=1S/C11H12O2/c1-4-13-11(12)10-7-5-6-8(2)9(10)3/h4-7H,1H2,2-3H3. The van der Waals surface area contributed by atoms with Crippen LogP contribution in [0.4, 0.5) is 0 Å². The smallest absolute Gasteiger partial charge is 0.343 e. The first-order chi connectivity index (χ1) is 6.16. The lowest BCUT2D eigenvalue weighted by Crippen LogP contribution is -2.03. The maximum atomic E-state index is 11.3. The number of carbonyl (C=O) groups excluding carboxylic acids is 1. The average Bonchev–Trinajstić information content (AvgIpc) is 2.10. The van der Waals surface area contributed by atoms with Crippen molar-refractivity contribution in [1.29, 1.82) is 0 Å². The zero-order chi connectivity index (χ0) is 9.84. The molecule has 2 nitrogen and oxygen atoms in total. The van der Waals surface area contributed by atoms with Crippen molar-refractivity contribution >= 4 is 5.97 Å². The lowest BCUT2D eigenvalue weighted by Gasteiger charge is -2.05. The molecule has 0 unspecified atom stereocenters. The normalized spacial score (nSPS) is 9.38. The molecule has 0 amide bonds. The van der Waals surface area contributed by atoms with E-state index >= 15 is 0 Å². The Morgan fingerprint density at radius 3 is 2.77 bits per heavy atom. The second-order valence-corrected chi connectivity index (χ2v) is 2.82. The van der Waals surface area contributed by atoms with Gasteiger partial charge in [0, 0.05) is 0 Å². The Kier molecular flexibility index (Phi) is 2.85. The van der Waals surface area contributed by atoms with Crippen LogP contribution in [0.3, 0.4) is 0 Å². The maximum absolute atomic E-state index is 11.3. The van der Waals surface area contributed by atoms with Crippen LogP contribution in [0.15, 0.2) is 31.0 Å². The summed E-state index contributed by atoms with van der Waals surface area (Å²) in [5, 5.41) is 0. The molecule has 0 radical (unpaired) electrons. The van der Waals surface area contributed by atoms with E-state index in [1.54, 1.807) is 6.07 Å². The number of rotatable bonds is 2. The van der Waals surface area contributed by atoms with Crippen LogP contribution < -0.4 is 0 Å². The summed E-state index contributed by atoms with van der Waals surface area (Å²) in [6, 6.07) is 5.54. The Labute approximate surface area is 77.8 Å². The van der Waals surface area contributed by atoms with E-state index in [9.17, 15) is 4.79 Å². The van der Waals surface area contributed by atoms with Crippen molar-refractivity contribution in [3.63, 3.8) is 0 Å². The first kappa shape index (κ1) is 9.52. The fraction of sp³-hybridized carbons (Fsp3) is 0.182. The van der Waals surface area contributed by atoms with Gasteiger partial charge in [-0.2, -0.15) is 0 Å². The molecule has 0 saturated carbocycles. The van der Waals surface area contributed by atoms with E-state index in [1.807, 2.05) is 26.0 Å². The van der Waals surface area contributed by atoms with Crippen molar-refractivity contribution in [1.82, 2.24) is 0 Å². The Balaban J connectivity index is 3.07. The highest BCUT2D eigenvalue weighted by Crippen LogP contribution is 2.13. The summed E-state index contributed by atoms with van der Waals surface area (Å²) >= 11 is 0. The fourth-order valence-electron chi connectivity index (χ4n) is 1.11. The van der Waals surface area contributed by atoms with Gasteiger partial charge in [-0.05, 0) is 31.0 Å². The van der Waals surface area contributed by atoms with Gasteiger partial charge < -0.3 is 4.74 Å². The molecule has 0 N–H and O–H groups in total. The SMILES string of the molecule is C=COC(=O)c1cccc(C)c1C. The van der Waals surface area contributed by atoms with Crippen molar-refractivity contribution in [3.8, 4) is 0 Å². The van der Waals surface area contributed by atoms with Crippen molar-refractivity contribution < 1.29 is 9.53 Å². The Morgan fingerprint density at radius 2 is 2.15 bits per heavy atom. The molecule has 0 fully saturated rings. The van der Waals surface area contributed by atoms with Crippen molar-refractivity contribution in [2.45, 2.75) is 13.8 Å². The van der Waals surface area contributed by atoms with Crippen molar-refractivity contribution in [3.05, 3.63) is 47.7 Å². The maximum Gasteiger partial charge on any atom is 0.343 e. The predicted molar refractivity (Wildman–Crippen MR) is 51.5 cm³/mol. The van der Waals surface area contributed by atoms with Gasteiger partial charge in [-0.25, -0.2) is 4.79 Å². The summed E-state index contributed by atoms with van der Waals surface area (Å²) in [5.41, 5.74) is 2.63. The number of hydrogen-bond acceptors (Lipinski definition) is 2. The van der Waals surface area contributed by atoms with Crippen LogP contribution in [0.1, 0.15) is 21.5 Å². The molecule has 2 heteroatoms. The fourth-order valence-corrected chi connectivity index (χ4v) is 1.11. The Morgan fingerprint density at radius 1 is 1.46 bits per heavy atom. The molecule has 1 aromatic carbocycles. The molecule has 13 heavy (non-hydrogen) atoms. The van der Waals surface area contributed by atoms with Crippen LogP contribution in [0.25, 0.3) is 0 Å². The predicted octanol–water partition coefficient (Wildman–Crippen LogP) is 2.60. The van der Waals surface area contributed by atoms with Crippen LogP contribution in [-0.4, -0.2) is 5.97 Å². The first-order valence-corrected chi connectivity index (χ1v) is 4.05. The van der Waals surface area contributed by atoms with Crippen molar-refractivity contribution in [2.75, 3.05) is 0 Å². The van der Waals surface area contributed by atoms with Crippen LogP contribution in [-0.2, 0) is 4.74 Å². The molecule has 0 aliphatic rings. The van der Waals surface area contributed by atoms with Gasteiger partial charge in [0.25, 0.3) is 0 Å². The molecule has 0 aromatic heterocycles. The minimum Gasteiger partial charge on any atom is -0.432 e. The third-order valence-corrected chi connectivity index (χ3v) is 2.01. The Hall–Kier alpha value is -1.57. The summed E-state index contributed by atoms with van der Waals surface area (Å²) < 4.78 is 4.69. The van der Waals surface area contributed by atoms with E-state index in [-0.39, 0.29) is 5.97 Å². The lowest BCUT2D eigenvalue weighted by atomic mass is 10.0. The molecular formula is C11H12O2. The topological polar surface area (TPSA) is 26.3 Å². The monoisotopic (exact) mass is 176 g/mol. The van der Waals surface area contributed by atoms with Crippen molar-refractivity contribution in [2.24, 2.45) is 0 Å². The van der Waals surface area contributed by atoms with Crippen LogP contribution in [0, 0.1) is 13.8 Å². The summed E-state index contributed by atoms with van der Waals surface area (Å²) in [6.07, 6.45) is 1.14. The van der Waals surface area contributed by atoms with Gasteiger partial charge in [-0.3, -0.25) is 0 Å². The van der Waals surface area contributed by atoms with Gasteiger partial charge in [-0.1, -0.05) is 18.7 Å². The van der Waals surface area contributed by atoms with Gasteiger partial charge in [0.2, 0.25) is 0 Å². The molecule has 0 saturated heterocycles. The van der Waals surface area contributed by atoms with Gasteiger partial charge >= 0.3 is 5.97 Å². The van der Waals surface area contributed by atoms with Crippen LogP contribution in [0.2, 0.25) is 0 Å². The number of carbonyl (C=O) groups is 1. The number of aryl methyl sites for hydroxylation is 1. The number of ether oxygens (including phenoxy) is 1. The number of benzene rings is 1. The first-order valence-electron chi connectivity index (χ1n) is 4.05. The van der Waals surface area contributed by atoms with E-state index in [1.165, 1.54) is 0 Å². The highest BCUT2D eigenvalue weighted by atomic mass is 16.5. The summed E-state index contributed by atoms with van der Waals surface area (Å²) in [4.78, 5) is 11.3. The van der Waals surface area contributed by atoms with Gasteiger partial charge in [0.05, 0.1) is 11.8 Å². The van der Waals surface area contributed by atoms with E-state index < -0.39 is 0 Å². The van der Waals surface area contributed by atoms with E-state index in [0.717, 1.165) is 17.4 Å². The highest BCUT2D eigenvalue weighted by Gasteiger charge is 2.09. The van der Waals surface area contributed by atoms with Crippen LogP contribution in [0.5, 0.6) is 0 Å². The molecule has 0 aliphatic heterocycles. The summed E-state index contributed by atoms with van der Waals surface area (Å²) in [7, 11) is 0. The molecule has 0 bridgehead atoms. The zero-order valence-electron chi connectivity index (χ0n) is 7.83. The minimum absolute atomic E-state index is 0.351. The van der Waals surface area contributed by atoms with Crippen LogP contribution >= 0.6 is 0 Å². The second kappa shape index (κ2) is 3.90. The molecule has 0 atom stereocenters. The van der Waals surface area contributed by atoms with E-state index in [0.29, 0.717) is 5.56 Å². The second-order valence-electron chi connectivity index (χ2n) is 2.82. The summed E-state index contributed by atoms with van der Waals surface area (Å²) in [5.74, 6) is -0.351. The quantitative estimate of drug-likeness (QED) is 0.511. The summed E-state index contributed by atoms with van der Waals surface area (Å²) in [6.45, 7) is 7.19. The minimum atomic E-state index is -0.351.